The maximum absolute atomic E-state index is 8.52. The Labute approximate surface area is 68.9 Å². The van der Waals surface area contributed by atoms with Crippen molar-refractivity contribution in [1.82, 2.24) is 0 Å². The Hall–Kier alpha value is 1.25. The van der Waals surface area contributed by atoms with Crippen LogP contribution in [0.5, 0.6) is 0 Å². The summed E-state index contributed by atoms with van der Waals surface area (Å²) >= 11 is 0. The van der Waals surface area contributed by atoms with E-state index in [9.17, 15) is 0 Å². The van der Waals surface area contributed by atoms with Crippen molar-refractivity contribution in [1.29, 1.82) is 0 Å². The average Bonchev–Trinajstić information content (AvgIpc) is 0.722. The molecule has 0 aliphatic heterocycles. The van der Waals surface area contributed by atoms with Gasteiger partial charge in [0.2, 0.25) is 0 Å². The van der Waals surface area contributed by atoms with E-state index in [-0.39, 0.29) is 41.7 Å². The van der Waals surface area contributed by atoms with Crippen LogP contribution in [0.1, 0.15) is 0 Å². The molecule has 1 radical (unpaired) electrons. The summed E-state index contributed by atoms with van der Waals surface area (Å²) in [5, 5.41) is 0. The van der Waals surface area contributed by atoms with E-state index < -0.39 is 10.4 Å². The summed E-state index contributed by atoms with van der Waals surface area (Å²) in [5.41, 5.74) is 0. The molecule has 6 heteroatoms. The van der Waals surface area contributed by atoms with Crippen molar-refractivity contribution in [3.05, 3.63) is 0 Å². The molecule has 0 aromatic heterocycles. The number of hydrogen-bond acceptors (Lipinski definition) is 4. The fourth-order valence-electron chi connectivity index (χ4n) is 0. The van der Waals surface area contributed by atoms with E-state index in [0.29, 0.717) is 0 Å². The molecule has 0 amide bonds. The standard InChI is InChI=1S/Ce.H2O4S/c;1-5(2,3)4/h;(H2,1,2,3,4)/q+3;/p-2. The van der Waals surface area contributed by atoms with E-state index >= 15 is 0 Å². The summed E-state index contributed by atoms with van der Waals surface area (Å²) < 4.78 is 34.1. The van der Waals surface area contributed by atoms with Gasteiger partial charge in [-0.2, -0.15) is 0 Å². The summed E-state index contributed by atoms with van der Waals surface area (Å²) in [6.45, 7) is 0. The van der Waals surface area contributed by atoms with Gasteiger partial charge in [-0.3, -0.25) is 8.42 Å². The largest absolute Gasteiger partial charge is 3.00 e. The smallest absolute Gasteiger partial charge is 0.759 e. The van der Waals surface area contributed by atoms with Crippen molar-refractivity contribution in [2.24, 2.45) is 0 Å². The van der Waals surface area contributed by atoms with Crippen LogP contribution in [-0.4, -0.2) is 17.5 Å². The van der Waals surface area contributed by atoms with Gasteiger partial charge in [-0.1, -0.05) is 0 Å². The van der Waals surface area contributed by atoms with Gasteiger partial charge in [0, 0.05) is 10.4 Å². The first-order valence-electron chi connectivity index (χ1n) is 0.667. The molecule has 0 saturated heterocycles. The van der Waals surface area contributed by atoms with Crippen LogP contribution >= 0.6 is 0 Å². The van der Waals surface area contributed by atoms with E-state index in [0.717, 1.165) is 0 Å². The first-order chi connectivity index (χ1) is 2.00. The monoisotopic (exact) mass is 236 g/mol. The molecule has 6 heavy (non-hydrogen) atoms. The van der Waals surface area contributed by atoms with Gasteiger partial charge < -0.3 is 9.11 Å². The summed E-state index contributed by atoms with van der Waals surface area (Å²) in [6, 6.07) is 0. The van der Waals surface area contributed by atoms with Crippen LogP contribution in [-0.2, 0) is 10.4 Å². The Morgan fingerprint density at radius 2 is 1.17 bits per heavy atom. The second-order valence-electron chi connectivity index (χ2n) is 0.408. The van der Waals surface area contributed by atoms with E-state index in [1.165, 1.54) is 0 Å². The van der Waals surface area contributed by atoms with Crippen molar-refractivity contribution < 1.29 is 59.3 Å². The van der Waals surface area contributed by atoms with E-state index in [2.05, 4.69) is 0 Å². The molecule has 0 saturated carbocycles. The topological polar surface area (TPSA) is 80.3 Å². The maximum Gasteiger partial charge on any atom is 3.00 e. The van der Waals surface area contributed by atoms with Crippen LogP contribution in [0.2, 0.25) is 0 Å². The molecule has 0 N–H and O–H groups in total. The molecule has 0 aliphatic carbocycles. The van der Waals surface area contributed by atoms with Crippen LogP contribution in [0.4, 0.5) is 0 Å². The minimum atomic E-state index is -5.17. The molecule has 0 heterocycles. The SMILES string of the molecule is O=S(=O)([O-])[O-].[Ce+3]. The van der Waals surface area contributed by atoms with Gasteiger partial charge in [-0.25, -0.2) is 0 Å². The Bertz CT molecular complexity index is 90.7. The second-order valence-corrected chi connectivity index (χ2v) is 1.22. The van der Waals surface area contributed by atoms with Crippen molar-refractivity contribution in [2.75, 3.05) is 0 Å². The van der Waals surface area contributed by atoms with E-state index in [1.54, 1.807) is 0 Å². The summed E-state index contributed by atoms with van der Waals surface area (Å²) in [7, 11) is -5.17. The minimum absolute atomic E-state index is 0. The fourth-order valence-corrected chi connectivity index (χ4v) is 0. The third-order valence-corrected chi connectivity index (χ3v) is 0. The molecule has 0 atom stereocenters. The first kappa shape index (κ1) is 10.3. The van der Waals surface area contributed by atoms with Gasteiger partial charge in [-0.05, 0) is 0 Å². The zero-order valence-corrected chi connectivity index (χ0v) is 6.50. The molecule has 0 aliphatic rings. The maximum atomic E-state index is 8.52. The zero-order chi connectivity index (χ0) is 4.50. The van der Waals surface area contributed by atoms with E-state index in [4.69, 9.17) is 17.5 Å². The van der Waals surface area contributed by atoms with Gasteiger partial charge in [-0.15, -0.1) is 0 Å². The van der Waals surface area contributed by atoms with Gasteiger partial charge >= 0.3 is 41.7 Å². The second kappa shape index (κ2) is 3.27. The summed E-state index contributed by atoms with van der Waals surface area (Å²) in [6.07, 6.45) is 0. The Morgan fingerprint density at radius 1 is 1.17 bits per heavy atom. The van der Waals surface area contributed by atoms with Crippen molar-refractivity contribution in [3.63, 3.8) is 0 Å². The molecule has 33 valence electrons. The Kier molecular flexibility index (Phi) is 5.61. The first-order valence-corrected chi connectivity index (χ1v) is 2.00. The molecule has 0 bridgehead atoms. The van der Waals surface area contributed by atoms with Gasteiger partial charge in [0.25, 0.3) is 0 Å². The zero-order valence-electron chi connectivity index (χ0n) is 2.54. The summed E-state index contributed by atoms with van der Waals surface area (Å²) in [5.74, 6) is 0. The van der Waals surface area contributed by atoms with Gasteiger partial charge in [0.1, 0.15) is 0 Å². The minimum Gasteiger partial charge on any atom is -0.759 e. The van der Waals surface area contributed by atoms with Crippen LogP contribution in [0.15, 0.2) is 0 Å². The molecule has 0 rings (SSSR count). The predicted octanol–water partition coefficient (Wildman–Crippen LogP) is -1.34. The van der Waals surface area contributed by atoms with Gasteiger partial charge in [0.05, 0.1) is 0 Å². The molecule has 4 nitrogen and oxygen atoms in total. The van der Waals surface area contributed by atoms with Gasteiger partial charge in [0.15, 0.2) is 0 Å². The molecular formula is CeO4S+. The number of rotatable bonds is 0. The van der Waals surface area contributed by atoms with Crippen LogP contribution in [0.3, 0.4) is 0 Å². The Morgan fingerprint density at radius 3 is 1.17 bits per heavy atom. The van der Waals surface area contributed by atoms with Crippen molar-refractivity contribution in [2.45, 2.75) is 0 Å². The molecule has 0 aromatic rings. The summed E-state index contributed by atoms with van der Waals surface area (Å²) in [4.78, 5) is 0. The Balaban J connectivity index is 0. The molecular weight excluding hydrogens is 236 g/mol. The average molecular weight is 236 g/mol. The molecule has 0 spiro atoms. The molecule has 0 aromatic carbocycles. The van der Waals surface area contributed by atoms with E-state index in [1.807, 2.05) is 0 Å². The van der Waals surface area contributed by atoms with Crippen molar-refractivity contribution in [3.8, 4) is 0 Å². The van der Waals surface area contributed by atoms with Crippen LogP contribution in [0, 0.1) is 41.7 Å². The van der Waals surface area contributed by atoms with Crippen molar-refractivity contribution >= 4 is 10.4 Å². The third kappa shape index (κ3) is 60.9. The van der Waals surface area contributed by atoms with Crippen LogP contribution in [0.25, 0.3) is 0 Å². The molecule has 0 unspecified atom stereocenters. The normalized spacial score (nSPS) is 9.67. The quantitative estimate of drug-likeness (QED) is 0.385. The fraction of sp³-hybridized carbons (Fsp3) is 0. The third-order valence-electron chi connectivity index (χ3n) is 0. The predicted molar refractivity (Wildman–Crippen MR) is 10.5 cm³/mol. The number of hydrogen-bond donors (Lipinski definition) is 0. The van der Waals surface area contributed by atoms with Crippen LogP contribution < -0.4 is 0 Å². The molecule has 0 fully saturated rings.